The second-order valence-electron chi connectivity index (χ2n) is 7.39. The van der Waals surface area contributed by atoms with Crippen LogP contribution in [0.3, 0.4) is 0 Å². The predicted molar refractivity (Wildman–Crippen MR) is 113 cm³/mol. The second-order valence-corrected chi connectivity index (χ2v) is 7.39. The zero-order valence-corrected chi connectivity index (χ0v) is 17.5. The van der Waals surface area contributed by atoms with Crippen LogP contribution in [-0.2, 0) is 11.3 Å². The normalized spacial score (nSPS) is 13.5. The van der Waals surface area contributed by atoms with Gasteiger partial charge in [-0.1, -0.05) is 12.2 Å². The van der Waals surface area contributed by atoms with Crippen LogP contribution in [-0.4, -0.2) is 38.6 Å². The van der Waals surface area contributed by atoms with E-state index in [4.69, 9.17) is 4.74 Å². The molecule has 0 unspecified atom stereocenters. The van der Waals surface area contributed by atoms with Gasteiger partial charge in [-0.2, -0.15) is 23.5 Å². The second kappa shape index (κ2) is 8.78. The van der Waals surface area contributed by atoms with Gasteiger partial charge in [0.2, 0.25) is 0 Å². The van der Waals surface area contributed by atoms with Gasteiger partial charge in [-0.05, 0) is 42.8 Å². The van der Waals surface area contributed by atoms with Crippen molar-refractivity contribution in [3.63, 3.8) is 0 Å². The maximum Gasteiger partial charge on any atom is 0.471 e. The van der Waals surface area contributed by atoms with Crippen molar-refractivity contribution in [2.24, 2.45) is 0 Å². The van der Waals surface area contributed by atoms with Crippen LogP contribution in [0.5, 0.6) is 5.75 Å². The zero-order chi connectivity index (χ0) is 23.6. The smallest absolute Gasteiger partial charge is 0.462 e. The molecule has 0 atom stereocenters. The minimum Gasteiger partial charge on any atom is -0.462 e. The molecule has 0 spiro atoms. The first-order chi connectivity index (χ1) is 15.8. The lowest BCUT2D eigenvalue weighted by atomic mass is 10.1. The van der Waals surface area contributed by atoms with Gasteiger partial charge in [0.25, 0.3) is 0 Å². The molecule has 0 radical (unpaired) electrons. The highest BCUT2D eigenvalue weighted by atomic mass is 19.4. The van der Waals surface area contributed by atoms with Crippen molar-refractivity contribution in [2.75, 3.05) is 7.05 Å². The van der Waals surface area contributed by atoms with Gasteiger partial charge in [-0.3, -0.25) is 4.79 Å². The molecular formula is C23H18F3N5O2. The first-order valence-electron chi connectivity index (χ1n) is 10.0. The average Bonchev–Trinajstić information content (AvgIpc) is 3.19. The van der Waals surface area contributed by atoms with Crippen molar-refractivity contribution in [3.8, 4) is 23.1 Å². The van der Waals surface area contributed by atoms with Crippen molar-refractivity contribution in [1.29, 1.82) is 5.26 Å². The number of allylic oxidation sites excluding steroid dienone is 4. The Morgan fingerprint density at radius 1 is 1.27 bits per heavy atom. The third-order valence-electron chi connectivity index (χ3n) is 5.05. The highest BCUT2D eigenvalue weighted by Crippen LogP contribution is 2.28. The van der Waals surface area contributed by atoms with Crippen molar-refractivity contribution in [1.82, 2.24) is 19.5 Å². The first kappa shape index (κ1) is 22.1. The Morgan fingerprint density at radius 3 is 2.67 bits per heavy atom. The summed E-state index contributed by atoms with van der Waals surface area (Å²) >= 11 is 0. The van der Waals surface area contributed by atoms with Gasteiger partial charge < -0.3 is 9.64 Å². The van der Waals surface area contributed by atoms with Crippen LogP contribution < -0.4 is 4.74 Å². The van der Waals surface area contributed by atoms with E-state index in [1.165, 1.54) is 16.8 Å². The molecule has 1 amide bonds. The topological polar surface area (TPSA) is 83.5 Å². The maximum absolute atomic E-state index is 12.8. The summed E-state index contributed by atoms with van der Waals surface area (Å²) in [6.07, 6.45) is 4.00. The van der Waals surface area contributed by atoms with E-state index in [2.05, 4.69) is 22.2 Å². The number of fused-ring (bicyclic) bond motifs is 1. The zero-order valence-electron chi connectivity index (χ0n) is 17.5. The molecule has 1 aliphatic rings. The molecule has 3 aromatic rings. The monoisotopic (exact) mass is 453 g/mol. The fourth-order valence-electron chi connectivity index (χ4n) is 3.45. The van der Waals surface area contributed by atoms with E-state index in [0.29, 0.717) is 21.9 Å². The SMILES string of the molecule is CN(Cc1ccnc2c(C#N)c(-c3ccc(OC4=CC=CCC4)cc3)nn12)C(=O)C(F)(F)F. The van der Waals surface area contributed by atoms with Crippen LogP contribution >= 0.6 is 0 Å². The molecule has 7 nitrogen and oxygen atoms in total. The van der Waals surface area contributed by atoms with E-state index < -0.39 is 12.1 Å². The van der Waals surface area contributed by atoms with Gasteiger partial charge in [-0.25, -0.2) is 9.50 Å². The van der Waals surface area contributed by atoms with Crippen LogP contribution in [0.2, 0.25) is 0 Å². The van der Waals surface area contributed by atoms with Gasteiger partial charge in [0.05, 0.1) is 12.2 Å². The number of rotatable bonds is 5. The molecule has 0 bridgehead atoms. The quantitative estimate of drug-likeness (QED) is 0.572. The summed E-state index contributed by atoms with van der Waals surface area (Å²) in [5.41, 5.74) is 1.59. The maximum atomic E-state index is 12.8. The Hall–Kier alpha value is -4.13. The number of hydrogen-bond donors (Lipinski definition) is 0. The van der Waals surface area contributed by atoms with Crippen LogP contribution in [0.25, 0.3) is 16.9 Å². The molecule has 0 aliphatic heterocycles. The number of hydrogen-bond acceptors (Lipinski definition) is 5. The minimum absolute atomic E-state index is 0.176. The number of nitriles is 1. The van der Waals surface area contributed by atoms with Crippen LogP contribution in [0.15, 0.2) is 60.5 Å². The summed E-state index contributed by atoms with van der Waals surface area (Å²) < 4.78 is 45.4. The third-order valence-corrected chi connectivity index (χ3v) is 5.05. The lowest BCUT2D eigenvalue weighted by Crippen LogP contribution is -2.38. The molecule has 1 aliphatic carbocycles. The van der Waals surface area contributed by atoms with Crippen molar-refractivity contribution >= 4 is 11.6 Å². The number of halogens is 3. The van der Waals surface area contributed by atoms with E-state index in [9.17, 15) is 23.2 Å². The molecule has 10 heteroatoms. The van der Waals surface area contributed by atoms with Gasteiger partial charge in [0.1, 0.15) is 28.8 Å². The molecule has 33 heavy (non-hydrogen) atoms. The molecule has 2 aromatic heterocycles. The summed E-state index contributed by atoms with van der Waals surface area (Å²) in [6.45, 7) is -0.361. The van der Waals surface area contributed by atoms with E-state index in [1.807, 2.05) is 12.2 Å². The summed E-state index contributed by atoms with van der Waals surface area (Å²) in [5, 5.41) is 14.1. The Balaban J connectivity index is 1.65. The van der Waals surface area contributed by atoms with E-state index >= 15 is 0 Å². The summed E-state index contributed by atoms with van der Waals surface area (Å²) in [7, 11) is 1.05. The number of aromatic nitrogens is 3. The van der Waals surface area contributed by atoms with Crippen molar-refractivity contribution in [3.05, 3.63) is 71.8 Å². The Morgan fingerprint density at radius 2 is 2.03 bits per heavy atom. The summed E-state index contributed by atoms with van der Waals surface area (Å²) in [5.74, 6) is -0.491. The number of ether oxygens (including phenoxy) is 1. The molecule has 0 N–H and O–H groups in total. The molecular weight excluding hydrogens is 435 g/mol. The predicted octanol–water partition coefficient (Wildman–Crippen LogP) is 4.40. The van der Waals surface area contributed by atoms with Gasteiger partial charge in [-0.15, -0.1) is 0 Å². The molecule has 0 fully saturated rings. The minimum atomic E-state index is -4.98. The van der Waals surface area contributed by atoms with Gasteiger partial charge in [0.15, 0.2) is 5.65 Å². The lowest BCUT2D eigenvalue weighted by Gasteiger charge is -2.18. The molecule has 2 heterocycles. The fourth-order valence-corrected chi connectivity index (χ4v) is 3.45. The Kier molecular flexibility index (Phi) is 5.87. The number of carbonyl (C=O) groups excluding carboxylic acids is 1. The lowest BCUT2D eigenvalue weighted by molar-refractivity contribution is -0.184. The van der Waals surface area contributed by atoms with Crippen LogP contribution in [0.1, 0.15) is 24.1 Å². The van der Waals surface area contributed by atoms with Gasteiger partial charge in [0, 0.05) is 25.2 Å². The Labute approximate surface area is 187 Å². The number of alkyl halides is 3. The number of carbonyl (C=O) groups is 1. The highest BCUT2D eigenvalue weighted by molar-refractivity contribution is 5.81. The summed E-state index contributed by atoms with van der Waals surface area (Å²) in [4.78, 5) is 16.2. The highest BCUT2D eigenvalue weighted by Gasteiger charge is 2.41. The number of amides is 1. The fraction of sp³-hybridized carbons (Fsp3) is 0.217. The summed E-state index contributed by atoms with van der Waals surface area (Å²) in [6, 6.07) is 10.5. The molecule has 0 saturated heterocycles. The first-order valence-corrected chi connectivity index (χ1v) is 10.0. The number of benzene rings is 1. The third kappa shape index (κ3) is 4.57. The molecule has 0 saturated carbocycles. The standard InChI is InChI=1S/C23H18F3N5O2/c1-30(22(32)23(24,25)26)14-16-11-12-28-21-19(13-27)20(29-31(16)21)15-7-9-18(10-8-15)33-17-5-3-2-4-6-17/h2-3,5,7-12H,4,6,14H2,1H3. The van der Waals surface area contributed by atoms with Crippen LogP contribution in [0.4, 0.5) is 13.2 Å². The van der Waals surface area contributed by atoms with Gasteiger partial charge >= 0.3 is 12.1 Å². The molecule has 1 aromatic carbocycles. The van der Waals surface area contributed by atoms with Crippen molar-refractivity contribution in [2.45, 2.75) is 25.6 Å². The van der Waals surface area contributed by atoms with Crippen LogP contribution in [0, 0.1) is 11.3 Å². The molecule has 4 rings (SSSR count). The van der Waals surface area contributed by atoms with E-state index in [-0.39, 0.29) is 23.4 Å². The Bertz CT molecular complexity index is 1300. The molecule has 168 valence electrons. The van der Waals surface area contributed by atoms with Crippen molar-refractivity contribution < 1.29 is 22.7 Å². The van der Waals surface area contributed by atoms with E-state index in [1.54, 1.807) is 24.3 Å². The average molecular weight is 453 g/mol. The largest absolute Gasteiger partial charge is 0.471 e. The van der Waals surface area contributed by atoms with E-state index in [0.717, 1.165) is 25.6 Å². The number of nitrogens with zero attached hydrogens (tertiary/aromatic N) is 5.